The molecule has 1 saturated heterocycles. The van der Waals surface area contributed by atoms with Gasteiger partial charge in [0.1, 0.15) is 0 Å². The van der Waals surface area contributed by atoms with Gasteiger partial charge in [-0.25, -0.2) is 0 Å². The van der Waals surface area contributed by atoms with Crippen molar-refractivity contribution in [2.24, 2.45) is 11.7 Å². The molecule has 1 fully saturated rings. The summed E-state index contributed by atoms with van der Waals surface area (Å²) in [5.74, 6) is -0.557. The molecule has 1 heterocycles. The number of hydrogen-bond donors (Lipinski definition) is 3. The van der Waals surface area contributed by atoms with E-state index in [4.69, 9.17) is 10.5 Å². The van der Waals surface area contributed by atoms with Crippen LogP contribution in [0.2, 0.25) is 0 Å². The SMILES string of the molecule is CC(C)[C@H](N)C(=O)NCC(=O)Nc1cccc(CN2CCOCC2)c1. The number of nitrogens with one attached hydrogen (secondary N) is 2. The maximum Gasteiger partial charge on any atom is 0.243 e. The van der Waals surface area contributed by atoms with E-state index in [0.717, 1.165) is 44.1 Å². The van der Waals surface area contributed by atoms with E-state index in [1.54, 1.807) is 0 Å². The Morgan fingerprint density at radius 3 is 2.68 bits per heavy atom. The molecule has 25 heavy (non-hydrogen) atoms. The molecule has 0 saturated carbocycles. The maximum absolute atomic E-state index is 12.0. The highest BCUT2D eigenvalue weighted by Crippen LogP contribution is 2.13. The molecular formula is C18H28N4O3. The second-order valence-electron chi connectivity index (χ2n) is 6.62. The number of carbonyl (C=O) groups is 2. The Kier molecular flexibility index (Phi) is 7.36. The molecule has 1 aromatic carbocycles. The Morgan fingerprint density at radius 1 is 1.28 bits per heavy atom. The topological polar surface area (TPSA) is 96.7 Å². The van der Waals surface area contributed by atoms with Crippen molar-refractivity contribution >= 4 is 17.5 Å². The minimum absolute atomic E-state index is 0.0277. The molecule has 1 aliphatic heterocycles. The third-order valence-corrected chi connectivity index (χ3v) is 4.16. The van der Waals surface area contributed by atoms with Crippen LogP contribution in [0, 0.1) is 5.92 Å². The highest BCUT2D eigenvalue weighted by atomic mass is 16.5. The number of nitrogens with two attached hydrogens (primary N) is 1. The van der Waals surface area contributed by atoms with Gasteiger partial charge in [0.05, 0.1) is 25.8 Å². The van der Waals surface area contributed by atoms with E-state index in [1.807, 2.05) is 38.1 Å². The highest BCUT2D eigenvalue weighted by molar-refractivity contribution is 5.95. The predicted molar refractivity (Wildman–Crippen MR) is 97.0 cm³/mol. The van der Waals surface area contributed by atoms with Gasteiger partial charge in [-0.05, 0) is 23.6 Å². The van der Waals surface area contributed by atoms with Crippen LogP contribution in [0.3, 0.4) is 0 Å². The lowest BCUT2D eigenvalue weighted by atomic mass is 10.1. The summed E-state index contributed by atoms with van der Waals surface area (Å²) in [7, 11) is 0. The Bertz CT molecular complexity index is 585. The molecule has 0 radical (unpaired) electrons. The van der Waals surface area contributed by atoms with Gasteiger partial charge in [-0.1, -0.05) is 26.0 Å². The first-order valence-electron chi connectivity index (χ1n) is 8.68. The van der Waals surface area contributed by atoms with E-state index in [1.165, 1.54) is 0 Å². The molecule has 0 aliphatic carbocycles. The summed E-state index contributed by atoms with van der Waals surface area (Å²) in [4.78, 5) is 26.1. The average molecular weight is 348 g/mol. The van der Waals surface area contributed by atoms with Crippen LogP contribution in [-0.2, 0) is 20.9 Å². The summed E-state index contributed by atoms with van der Waals surface area (Å²) < 4.78 is 5.35. The number of amides is 2. The first kappa shape index (κ1) is 19.4. The van der Waals surface area contributed by atoms with Gasteiger partial charge >= 0.3 is 0 Å². The molecule has 0 bridgehead atoms. The van der Waals surface area contributed by atoms with Gasteiger partial charge in [-0.3, -0.25) is 14.5 Å². The molecule has 1 atom stereocenters. The fourth-order valence-corrected chi connectivity index (χ4v) is 2.56. The predicted octanol–water partition coefficient (Wildman–Crippen LogP) is 0.557. The molecule has 7 heteroatoms. The molecule has 0 unspecified atom stereocenters. The molecular weight excluding hydrogens is 320 g/mol. The Hall–Kier alpha value is -1.96. The molecule has 2 rings (SSSR count). The summed E-state index contributed by atoms with van der Waals surface area (Å²) in [6, 6.07) is 7.13. The van der Waals surface area contributed by atoms with Crippen LogP contribution in [0.4, 0.5) is 5.69 Å². The molecule has 1 aromatic rings. The summed E-state index contributed by atoms with van der Waals surface area (Å²) in [5, 5.41) is 5.37. The first-order valence-corrected chi connectivity index (χ1v) is 8.68. The molecule has 1 aliphatic rings. The van der Waals surface area contributed by atoms with Crippen molar-refractivity contribution < 1.29 is 14.3 Å². The van der Waals surface area contributed by atoms with Crippen LogP contribution in [0.5, 0.6) is 0 Å². The summed E-state index contributed by atoms with van der Waals surface area (Å²) in [6.45, 7) is 7.81. The van der Waals surface area contributed by atoms with Crippen LogP contribution < -0.4 is 16.4 Å². The van der Waals surface area contributed by atoms with E-state index < -0.39 is 6.04 Å². The molecule has 2 amide bonds. The first-order chi connectivity index (χ1) is 12.0. The van der Waals surface area contributed by atoms with Crippen LogP contribution in [0.15, 0.2) is 24.3 Å². The van der Waals surface area contributed by atoms with E-state index in [0.29, 0.717) is 0 Å². The van der Waals surface area contributed by atoms with E-state index in [-0.39, 0.29) is 24.3 Å². The normalized spacial score (nSPS) is 16.5. The minimum atomic E-state index is -0.607. The van der Waals surface area contributed by atoms with Crippen molar-refractivity contribution in [1.29, 1.82) is 0 Å². The molecule has 0 spiro atoms. The van der Waals surface area contributed by atoms with Crippen molar-refractivity contribution in [2.75, 3.05) is 38.2 Å². The zero-order valence-corrected chi connectivity index (χ0v) is 15.0. The Balaban J connectivity index is 1.82. The number of ether oxygens (including phenoxy) is 1. The Labute approximate surface area is 148 Å². The lowest BCUT2D eigenvalue weighted by molar-refractivity contribution is -0.125. The third-order valence-electron chi connectivity index (χ3n) is 4.16. The van der Waals surface area contributed by atoms with Gasteiger partial charge in [-0.15, -0.1) is 0 Å². The van der Waals surface area contributed by atoms with Crippen LogP contribution in [0.25, 0.3) is 0 Å². The molecule has 7 nitrogen and oxygen atoms in total. The number of hydrogen-bond acceptors (Lipinski definition) is 5. The van der Waals surface area contributed by atoms with Crippen molar-refractivity contribution in [3.05, 3.63) is 29.8 Å². The lowest BCUT2D eigenvalue weighted by Crippen LogP contribution is -2.46. The highest BCUT2D eigenvalue weighted by Gasteiger charge is 2.17. The quantitative estimate of drug-likeness (QED) is 0.669. The van der Waals surface area contributed by atoms with Gasteiger partial charge in [0.2, 0.25) is 11.8 Å². The van der Waals surface area contributed by atoms with Gasteiger partial charge < -0.3 is 21.1 Å². The number of rotatable bonds is 7. The van der Waals surface area contributed by atoms with Crippen molar-refractivity contribution in [1.82, 2.24) is 10.2 Å². The standard InChI is InChI=1S/C18H28N4O3/c1-13(2)17(19)18(24)20-11-16(23)21-15-5-3-4-14(10-15)12-22-6-8-25-9-7-22/h3-5,10,13,17H,6-9,11-12,19H2,1-2H3,(H,20,24)(H,21,23)/t17-/m0/s1. The van der Waals surface area contributed by atoms with Gasteiger partial charge in [-0.2, -0.15) is 0 Å². The van der Waals surface area contributed by atoms with Gasteiger partial charge in [0, 0.05) is 25.3 Å². The molecule has 4 N–H and O–H groups in total. The van der Waals surface area contributed by atoms with Crippen LogP contribution in [0.1, 0.15) is 19.4 Å². The maximum atomic E-state index is 12.0. The summed E-state index contributed by atoms with van der Waals surface area (Å²) >= 11 is 0. The van der Waals surface area contributed by atoms with Crippen molar-refractivity contribution in [3.8, 4) is 0 Å². The van der Waals surface area contributed by atoms with Crippen molar-refractivity contribution in [2.45, 2.75) is 26.4 Å². The average Bonchev–Trinajstić information content (AvgIpc) is 2.60. The summed E-state index contributed by atoms with van der Waals surface area (Å²) in [6.07, 6.45) is 0. The van der Waals surface area contributed by atoms with E-state index in [9.17, 15) is 9.59 Å². The second-order valence-corrected chi connectivity index (χ2v) is 6.62. The van der Waals surface area contributed by atoms with Gasteiger partial charge in [0.25, 0.3) is 0 Å². The number of benzene rings is 1. The molecule has 138 valence electrons. The van der Waals surface area contributed by atoms with Crippen molar-refractivity contribution in [3.63, 3.8) is 0 Å². The number of carbonyl (C=O) groups excluding carboxylic acids is 2. The minimum Gasteiger partial charge on any atom is -0.379 e. The zero-order chi connectivity index (χ0) is 18.2. The molecule has 0 aromatic heterocycles. The largest absolute Gasteiger partial charge is 0.379 e. The zero-order valence-electron chi connectivity index (χ0n) is 15.0. The number of nitrogens with zero attached hydrogens (tertiary/aromatic N) is 1. The fraction of sp³-hybridized carbons (Fsp3) is 0.556. The van der Waals surface area contributed by atoms with Crippen LogP contribution in [-0.4, -0.2) is 55.6 Å². The lowest BCUT2D eigenvalue weighted by Gasteiger charge is -2.26. The van der Waals surface area contributed by atoms with Crippen LogP contribution >= 0.6 is 0 Å². The second kappa shape index (κ2) is 9.50. The van der Waals surface area contributed by atoms with E-state index in [2.05, 4.69) is 15.5 Å². The summed E-state index contributed by atoms with van der Waals surface area (Å²) in [5.41, 5.74) is 7.60. The third kappa shape index (κ3) is 6.45. The van der Waals surface area contributed by atoms with Gasteiger partial charge in [0.15, 0.2) is 0 Å². The monoisotopic (exact) mass is 348 g/mol. The van der Waals surface area contributed by atoms with E-state index >= 15 is 0 Å². The number of morpholine rings is 1. The number of anilines is 1. The Morgan fingerprint density at radius 2 is 2.00 bits per heavy atom. The fourth-order valence-electron chi connectivity index (χ4n) is 2.56. The smallest absolute Gasteiger partial charge is 0.243 e.